The average Bonchev–Trinajstić information content (AvgIpc) is 3.15. The molecule has 1 heterocycles. The first kappa shape index (κ1) is 18.3. The largest absolute Gasteiger partial charge is 0.497 e. The van der Waals surface area contributed by atoms with Crippen molar-refractivity contribution in [2.75, 3.05) is 19.5 Å². The number of non-ortho nitro benzene ring substituents is 1. The lowest BCUT2D eigenvalue weighted by Gasteiger charge is -2.09. The molecule has 2 aromatic carbocycles. The topological polar surface area (TPSA) is 104 Å². The van der Waals surface area contributed by atoms with Gasteiger partial charge < -0.3 is 9.47 Å². The Morgan fingerprint density at radius 3 is 2.52 bits per heavy atom. The Morgan fingerprint density at radius 2 is 1.89 bits per heavy atom. The SMILES string of the molecule is COc1ccc(C(=O)Nc2nc(-c3ccc([N+](=O)[O-])cc3)cs2)c(OC)c1. The zero-order valence-corrected chi connectivity index (χ0v) is 15.3. The Morgan fingerprint density at radius 1 is 1.15 bits per heavy atom. The summed E-state index contributed by atoms with van der Waals surface area (Å²) in [6.07, 6.45) is 0. The summed E-state index contributed by atoms with van der Waals surface area (Å²) in [4.78, 5) is 27.1. The van der Waals surface area contributed by atoms with Crippen LogP contribution in [0.2, 0.25) is 0 Å². The molecule has 0 saturated carbocycles. The van der Waals surface area contributed by atoms with Gasteiger partial charge in [-0.15, -0.1) is 11.3 Å². The van der Waals surface area contributed by atoms with Gasteiger partial charge in [-0.25, -0.2) is 4.98 Å². The molecule has 3 rings (SSSR count). The van der Waals surface area contributed by atoms with E-state index in [2.05, 4.69) is 10.3 Å². The molecule has 1 amide bonds. The lowest BCUT2D eigenvalue weighted by atomic mass is 10.1. The van der Waals surface area contributed by atoms with E-state index in [0.29, 0.717) is 27.9 Å². The number of amides is 1. The third kappa shape index (κ3) is 4.04. The number of ether oxygens (including phenoxy) is 2. The minimum absolute atomic E-state index is 0.00843. The number of anilines is 1. The summed E-state index contributed by atoms with van der Waals surface area (Å²) < 4.78 is 10.4. The van der Waals surface area contributed by atoms with Crippen LogP contribution in [0.1, 0.15) is 10.4 Å². The molecule has 0 fully saturated rings. The number of benzene rings is 2. The van der Waals surface area contributed by atoms with E-state index in [-0.39, 0.29) is 11.6 Å². The van der Waals surface area contributed by atoms with Crippen LogP contribution in [-0.2, 0) is 0 Å². The van der Waals surface area contributed by atoms with E-state index >= 15 is 0 Å². The number of nitrogens with one attached hydrogen (secondary N) is 1. The second-order valence-electron chi connectivity index (χ2n) is 5.36. The summed E-state index contributed by atoms with van der Waals surface area (Å²) in [6.45, 7) is 0. The first-order valence-electron chi connectivity index (χ1n) is 7.75. The molecule has 0 unspecified atom stereocenters. The molecule has 0 spiro atoms. The van der Waals surface area contributed by atoms with Crippen molar-refractivity contribution in [2.45, 2.75) is 0 Å². The van der Waals surface area contributed by atoms with E-state index < -0.39 is 4.92 Å². The van der Waals surface area contributed by atoms with Crippen LogP contribution in [-0.4, -0.2) is 30.0 Å². The third-order valence-electron chi connectivity index (χ3n) is 3.75. The van der Waals surface area contributed by atoms with Gasteiger partial charge in [0, 0.05) is 29.1 Å². The molecule has 1 N–H and O–H groups in total. The van der Waals surface area contributed by atoms with E-state index in [0.717, 1.165) is 5.56 Å². The maximum absolute atomic E-state index is 12.5. The van der Waals surface area contributed by atoms with Gasteiger partial charge in [0.1, 0.15) is 11.5 Å². The van der Waals surface area contributed by atoms with Crippen molar-refractivity contribution in [2.24, 2.45) is 0 Å². The molecule has 27 heavy (non-hydrogen) atoms. The number of nitro benzene ring substituents is 1. The Bertz CT molecular complexity index is 985. The lowest BCUT2D eigenvalue weighted by Crippen LogP contribution is -2.13. The molecule has 0 bridgehead atoms. The molecular weight excluding hydrogens is 370 g/mol. The molecule has 0 saturated heterocycles. The van der Waals surface area contributed by atoms with Gasteiger partial charge in [0.2, 0.25) is 0 Å². The molecule has 0 atom stereocenters. The first-order valence-corrected chi connectivity index (χ1v) is 8.63. The molecule has 0 aliphatic heterocycles. The highest BCUT2D eigenvalue weighted by Crippen LogP contribution is 2.29. The highest BCUT2D eigenvalue weighted by Gasteiger charge is 2.15. The van der Waals surface area contributed by atoms with Crippen molar-refractivity contribution in [1.29, 1.82) is 0 Å². The van der Waals surface area contributed by atoms with Crippen molar-refractivity contribution in [3.05, 3.63) is 63.5 Å². The number of carbonyl (C=O) groups excluding carboxylic acids is 1. The summed E-state index contributed by atoms with van der Waals surface area (Å²) in [5.74, 6) is 0.608. The summed E-state index contributed by atoms with van der Waals surface area (Å²) in [7, 11) is 3.01. The maximum atomic E-state index is 12.5. The molecule has 8 nitrogen and oxygen atoms in total. The average molecular weight is 385 g/mol. The predicted molar refractivity (Wildman–Crippen MR) is 102 cm³/mol. The molecule has 0 aliphatic rings. The fourth-order valence-corrected chi connectivity index (χ4v) is 3.08. The second kappa shape index (κ2) is 7.83. The van der Waals surface area contributed by atoms with Gasteiger partial charge in [-0.05, 0) is 24.3 Å². The van der Waals surface area contributed by atoms with E-state index in [1.165, 1.54) is 37.7 Å². The molecule has 1 aromatic heterocycles. The van der Waals surface area contributed by atoms with Crippen molar-refractivity contribution >= 4 is 28.1 Å². The van der Waals surface area contributed by atoms with Crippen LogP contribution in [0, 0.1) is 10.1 Å². The highest BCUT2D eigenvalue weighted by atomic mass is 32.1. The van der Waals surface area contributed by atoms with E-state index in [9.17, 15) is 14.9 Å². The summed E-state index contributed by atoms with van der Waals surface area (Å²) >= 11 is 1.26. The summed E-state index contributed by atoms with van der Waals surface area (Å²) in [6, 6.07) is 11.0. The Labute approximate surface area is 158 Å². The fraction of sp³-hybridized carbons (Fsp3) is 0.111. The maximum Gasteiger partial charge on any atom is 0.269 e. The Kier molecular flexibility index (Phi) is 5.32. The Hall–Kier alpha value is -3.46. The van der Waals surface area contributed by atoms with Gasteiger partial charge in [-0.1, -0.05) is 0 Å². The van der Waals surface area contributed by atoms with E-state index in [1.54, 1.807) is 35.7 Å². The summed E-state index contributed by atoms with van der Waals surface area (Å²) in [5, 5.41) is 15.6. The summed E-state index contributed by atoms with van der Waals surface area (Å²) in [5.41, 5.74) is 1.70. The third-order valence-corrected chi connectivity index (χ3v) is 4.51. The standard InChI is InChI=1S/C18H15N3O5S/c1-25-13-7-8-14(16(9-13)26-2)17(22)20-18-19-15(10-27-18)11-3-5-12(6-4-11)21(23)24/h3-10H,1-2H3,(H,19,20,22). The Balaban J connectivity index is 1.77. The van der Waals surface area contributed by atoms with Crippen LogP contribution in [0.25, 0.3) is 11.3 Å². The molecule has 0 radical (unpaired) electrons. The minimum atomic E-state index is -0.460. The zero-order valence-electron chi connectivity index (χ0n) is 14.5. The second-order valence-corrected chi connectivity index (χ2v) is 6.22. The number of hydrogen-bond acceptors (Lipinski definition) is 7. The van der Waals surface area contributed by atoms with Crippen LogP contribution in [0.3, 0.4) is 0 Å². The highest BCUT2D eigenvalue weighted by molar-refractivity contribution is 7.14. The molecule has 9 heteroatoms. The van der Waals surface area contributed by atoms with Crippen molar-refractivity contribution in [1.82, 2.24) is 4.98 Å². The fourth-order valence-electron chi connectivity index (χ4n) is 2.37. The molecule has 138 valence electrons. The van der Waals surface area contributed by atoms with Crippen LogP contribution >= 0.6 is 11.3 Å². The number of hydrogen-bond donors (Lipinski definition) is 1. The van der Waals surface area contributed by atoms with Crippen molar-refractivity contribution in [3.63, 3.8) is 0 Å². The predicted octanol–water partition coefficient (Wildman–Crippen LogP) is 3.99. The smallest absolute Gasteiger partial charge is 0.269 e. The molecule has 0 aliphatic carbocycles. The minimum Gasteiger partial charge on any atom is -0.497 e. The van der Waals surface area contributed by atoms with Gasteiger partial charge >= 0.3 is 0 Å². The monoisotopic (exact) mass is 385 g/mol. The number of carbonyl (C=O) groups is 1. The van der Waals surface area contributed by atoms with Gasteiger partial charge in [0.25, 0.3) is 11.6 Å². The number of nitro groups is 1. The number of methoxy groups -OCH3 is 2. The van der Waals surface area contributed by atoms with Crippen LogP contribution < -0.4 is 14.8 Å². The van der Waals surface area contributed by atoms with Gasteiger partial charge in [0.15, 0.2) is 5.13 Å². The van der Waals surface area contributed by atoms with Gasteiger partial charge in [0.05, 0.1) is 30.4 Å². The molecule has 3 aromatic rings. The molecular formula is C18H15N3O5S. The van der Waals surface area contributed by atoms with E-state index in [1.807, 2.05) is 0 Å². The number of aromatic nitrogens is 1. The number of nitrogens with zero attached hydrogens (tertiary/aromatic N) is 2. The number of rotatable bonds is 6. The lowest BCUT2D eigenvalue weighted by molar-refractivity contribution is -0.384. The normalized spacial score (nSPS) is 10.3. The van der Waals surface area contributed by atoms with Gasteiger partial charge in [-0.3, -0.25) is 20.2 Å². The van der Waals surface area contributed by atoms with E-state index in [4.69, 9.17) is 9.47 Å². The number of thiazole rings is 1. The van der Waals surface area contributed by atoms with Crippen molar-refractivity contribution in [3.8, 4) is 22.8 Å². The van der Waals surface area contributed by atoms with Crippen molar-refractivity contribution < 1.29 is 19.2 Å². The van der Waals surface area contributed by atoms with Crippen LogP contribution in [0.4, 0.5) is 10.8 Å². The van der Waals surface area contributed by atoms with Crippen LogP contribution in [0.15, 0.2) is 47.8 Å². The van der Waals surface area contributed by atoms with Crippen LogP contribution in [0.5, 0.6) is 11.5 Å². The quantitative estimate of drug-likeness (QED) is 0.508. The first-order chi connectivity index (χ1) is 13.0. The zero-order chi connectivity index (χ0) is 19.4. The van der Waals surface area contributed by atoms with Gasteiger partial charge in [-0.2, -0.15) is 0 Å².